The number of carbonyl (C=O) groups excluding carboxylic acids is 3. The zero-order chi connectivity index (χ0) is 30.3. The molecule has 41 heavy (non-hydrogen) atoms. The summed E-state index contributed by atoms with van der Waals surface area (Å²) in [6, 6.07) is 6.82. The van der Waals surface area contributed by atoms with E-state index in [1.807, 2.05) is 26.8 Å². The van der Waals surface area contributed by atoms with E-state index in [1.165, 1.54) is 17.0 Å². The first-order valence-electron chi connectivity index (χ1n) is 13.8. The number of aromatic nitrogens is 1. The summed E-state index contributed by atoms with van der Waals surface area (Å²) in [6.45, 7) is 11.4. The van der Waals surface area contributed by atoms with E-state index in [9.17, 15) is 23.9 Å². The number of primary amides is 1. The standard InChI is InChI=1S/C30H40FN5O5/c1-18-13-34(24(27(32)39)14-35(18)28(40)41-29(2,3)4)15-25(38)36-17-30(5,6)26-23(36)12-20(22(16-37)33-26)11-19-7-9-21(31)10-8-19/h7-10,12,18,24,37H,11,13-17H2,1-6H3,(H2,32,39)/t18-,24-/m1/s1. The molecule has 2 aromatic rings. The van der Waals surface area contributed by atoms with Crippen LogP contribution in [0, 0.1) is 5.82 Å². The van der Waals surface area contributed by atoms with Crippen LogP contribution in [-0.4, -0.2) is 81.7 Å². The number of hydrogen-bond donors (Lipinski definition) is 2. The van der Waals surface area contributed by atoms with Crippen molar-refractivity contribution in [1.29, 1.82) is 0 Å². The van der Waals surface area contributed by atoms with Crippen molar-refractivity contribution in [2.75, 3.05) is 31.1 Å². The highest BCUT2D eigenvalue weighted by atomic mass is 19.1. The molecule has 4 rings (SSSR count). The third kappa shape index (κ3) is 6.68. The number of aliphatic hydroxyl groups excluding tert-OH is 1. The number of nitrogens with zero attached hydrogens (tertiary/aromatic N) is 4. The van der Waals surface area contributed by atoms with Crippen molar-refractivity contribution >= 4 is 23.6 Å². The average molecular weight is 570 g/mol. The maximum Gasteiger partial charge on any atom is 0.410 e. The Balaban J connectivity index is 1.58. The smallest absolute Gasteiger partial charge is 0.410 e. The molecule has 3 heterocycles. The minimum atomic E-state index is -0.860. The molecule has 0 unspecified atom stereocenters. The van der Waals surface area contributed by atoms with Crippen molar-refractivity contribution in [3.63, 3.8) is 0 Å². The Morgan fingerprint density at radius 2 is 1.83 bits per heavy atom. The molecule has 11 heteroatoms. The van der Waals surface area contributed by atoms with Gasteiger partial charge in [-0.15, -0.1) is 0 Å². The number of piperazine rings is 1. The molecule has 1 saturated heterocycles. The molecular formula is C30H40FN5O5. The van der Waals surface area contributed by atoms with Crippen LogP contribution in [0.2, 0.25) is 0 Å². The number of benzene rings is 1. The quantitative estimate of drug-likeness (QED) is 0.547. The first kappa shape index (κ1) is 30.4. The van der Waals surface area contributed by atoms with E-state index >= 15 is 0 Å². The van der Waals surface area contributed by atoms with E-state index in [2.05, 4.69) is 0 Å². The van der Waals surface area contributed by atoms with Gasteiger partial charge in [-0.3, -0.25) is 19.5 Å². The van der Waals surface area contributed by atoms with Gasteiger partial charge in [0.1, 0.15) is 17.5 Å². The van der Waals surface area contributed by atoms with E-state index in [4.69, 9.17) is 15.5 Å². The van der Waals surface area contributed by atoms with Crippen LogP contribution in [0.25, 0.3) is 0 Å². The van der Waals surface area contributed by atoms with Gasteiger partial charge in [0, 0.05) is 31.1 Å². The number of ether oxygens (including phenoxy) is 1. The number of anilines is 1. The van der Waals surface area contributed by atoms with Gasteiger partial charge in [-0.25, -0.2) is 9.18 Å². The number of carbonyl (C=O) groups is 3. The van der Waals surface area contributed by atoms with Gasteiger partial charge in [-0.2, -0.15) is 0 Å². The molecule has 0 bridgehead atoms. The maximum absolute atomic E-state index is 13.8. The van der Waals surface area contributed by atoms with E-state index in [0.717, 1.165) is 11.1 Å². The molecule has 2 atom stereocenters. The Hall–Kier alpha value is -3.57. The molecule has 1 aromatic heterocycles. The third-order valence-electron chi connectivity index (χ3n) is 7.55. The second kappa shape index (κ2) is 11.4. The molecule has 222 valence electrons. The van der Waals surface area contributed by atoms with Crippen molar-refractivity contribution in [2.24, 2.45) is 5.73 Å². The maximum atomic E-state index is 13.8. The first-order chi connectivity index (χ1) is 19.1. The van der Waals surface area contributed by atoms with Gasteiger partial charge in [0.25, 0.3) is 0 Å². The van der Waals surface area contributed by atoms with Crippen LogP contribution in [-0.2, 0) is 32.8 Å². The minimum absolute atomic E-state index is 0.0179. The van der Waals surface area contributed by atoms with E-state index < -0.39 is 29.1 Å². The van der Waals surface area contributed by atoms with Crippen molar-refractivity contribution in [2.45, 2.75) is 77.7 Å². The van der Waals surface area contributed by atoms with Crippen LogP contribution >= 0.6 is 0 Å². The summed E-state index contributed by atoms with van der Waals surface area (Å²) in [5, 5.41) is 10.1. The van der Waals surface area contributed by atoms with Gasteiger partial charge in [0.2, 0.25) is 11.8 Å². The Morgan fingerprint density at radius 3 is 2.41 bits per heavy atom. The molecule has 3 N–H and O–H groups in total. The van der Waals surface area contributed by atoms with Gasteiger partial charge >= 0.3 is 6.09 Å². The van der Waals surface area contributed by atoms with Gasteiger partial charge < -0.3 is 25.4 Å². The van der Waals surface area contributed by atoms with Gasteiger partial charge in [-0.05, 0) is 63.4 Å². The molecule has 0 spiro atoms. The lowest BCUT2D eigenvalue weighted by Gasteiger charge is -2.44. The fraction of sp³-hybridized carbons (Fsp3) is 0.533. The van der Waals surface area contributed by atoms with Gasteiger partial charge in [-0.1, -0.05) is 26.0 Å². The summed E-state index contributed by atoms with van der Waals surface area (Å²) >= 11 is 0. The fourth-order valence-electron chi connectivity index (χ4n) is 5.50. The van der Waals surface area contributed by atoms with Gasteiger partial charge in [0.05, 0.1) is 30.2 Å². The zero-order valence-electron chi connectivity index (χ0n) is 24.6. The number of nitrogens with two attached hydrogens (primary N) is 1. The Morgan fingerprint density at radius 1 is 1.17 bits per heavy atom. The number of rotatable bonds is 6. The zero-order valence-corrected chi connectivity index (χ0v) is 24.6. The summed E-state index contributed by atoms with van der Waals surface area (Å²) in [4.78, 5) is 48.7. The molecule has 2 aliphatic rings. The fourth-order valence-corrected chi connectivity index (χ4v) is 5.50. The molecule has 0 saturated carbocycles. The number of hydrogen-bond acceptors (Lipinski definition) is 7. The number of aliphatic hydroxyl groups is 1. The van der Waals surface area contributed by atoms with Crippen molar-refractivity contribution < 1.29 is 28.6 Å². The highest BCUT2D eigenvalue weighted by molar-refractivity contribution is 5.98. The SMILES string of the molecule is C[C@@H]1CN(CC(=O)N2CC(C)(C)c3nc(CO)c(Cc4ccc(F)cc4)cc32)[C@@H](C(N)=O)CN1C(=O)OC(C)(C)C. The van der Waals surface area contributed by atoms with Crippen LogP contribution in [0.15, 0.2) is 30.3 Å². The Kier molecular flexibility index (Phi) is 8.42. The summed E-state index contributed by atoms with van der Waals surface area (Å²) in [5.74, 6) is -1.19. The minimum Gasteiger partial charge on any atom is -0.444 e. The summed E-state index contributed by atoms with van der Waals surface area (Å²) < 4.78 is 19.0. The largest absolute Gasteiger partial charge is 0.444 e. The molecular weight excluding hydrogens is 529 g/mol. The molecule has 10 nitrogen and oxygen atoms in total. The second-order valence-electron chi connectivity index (χ2n) is 12.6. The van der Waals surface area contributed by atoms with E-state index in [1.54, 1.807) is 42.7 Å². The first-order valence-corrected chi connectivity index (χ1v) is 13.8. The van der Waals surface area contributed by atoms with E-state index in [0.29, 0.717) is 30.0 Å². The summed E-state index contributed by atoms with van der Waals surface area (Å²) in [5.41, 5.74) is 8.01. The number of fused-ring (bicyclic) bond motifs is 1. The highest BCUT2D eigenvalue weighted by Crippen LogP contribution is 2.41. The van der Waals surface area contributed by atoms with Crippen LogP contribution in [0.3, 0.4) is 0 Å². The number of halogens is 1. The molecule has 0 aliphatic carbocycles. The number of amides is 3. The Labute approximate surface area is 240 Å². The van der Waals surface area contributed by atoms with Crippen LogP contribution in [0.1, 0.15) is 64.1 Å². The lowest BCUT2D eigenvalue weighted by molar-refractivity contribution is -0.129. The van der Waals surface area contributed by atoms with Crippen LogP contribution in [0.5, 0.6) is 0 Å². The average Bonchev–Trinajstić information content (AvgIpc) is 3.13. The number of pyridine rings is 1. The van der Waals surface area contributed by atoms with Crippen LogP contribution < -0.4 is 10.6 Å². The summed E-state index contributed by atoms with van der Waals surface area (Å²) in [6.07, 6.45) is -0.121. The molecule has 1 aromatic carbocycles. The molecule has 2 aliphatic heterocycles. The molecule has 0 radical (unpaired) electrons. The lowest BCUT2D eigenvalue weighted by atomic mass is 9.90. The van der Waals surface area contributed by atoms with Crippen molar-refractivity contribution in [3.8, 4) is 0 Å². The van der Waals surface area contributed by atoms with E-state index in [-0.39, 0.29) is 44.0 Å². The Bertz CT molecular complexity index is 1320. The molecule has 1 fully saturated rings. The topological polar surface area (TPSA) is 129 Å². The lowest BCUT2D eigenvalue weighted by Crippen LogP contribution is -2.64. The normalized spacial score (nSPS) is 20.6. The predicted molar refractivity (Wildman–Crippen MR) is 152 cm³/mol. The third-order valence-corrected chi connectivity index (χ3v) is 7.55. The predicted octanol–water partition coefficient (Wildman–Crippen LogP) is 2.72. The van der Waals surface area contributed by atoms with Gasteiger partial charge in [0.15, 0.2) is 0 Å². The summed E-state index contributed by atoms with van der Waals surface area (Å²) in [7, 11) is 0. The van der Waals surface area contributed by atoms with Crippen molar-refractivity contribution in [3.05, 3.63) is 58.7 Å². The molecule has 3 amide bonds. The highest BCUT2D eigenvalue weighted by Gasteiger charge is 2.43. The van der Waals surface area contributed by atoms with Crippen molar-refractivity contribution in [1.82, 2.24) is 14.8 Å². The monoisotopic (exact) mass is 569 g/mol. The second-order valence-corrected chi connectivity index (χ2v) is 12.6. The van der Waals surface area contributed by atoms with Crippen LogP contribution in [0.4, 0.5) is 14.9 Å².